The van der Waals surface area contributed by atoms with Gasteiger partial charge >= 0.3 is 0 Å². The van der Waals surface area contributed by atoms with Gasteiger partial charge in [-0.3, -0.25) is 0 Å². The predicted molar refractivity (Wildman–Crippen MR) is 260 cm³/mol. The molecule has 61 heavy (non-hydrogen) atoms. The quantitative estimate of drug-likeness (QED) is 0.128. The van der Waals surface area contributed by atoms with E-state index >= 15 is 0 Å². The lowest BCUT2D eigenvalue weighted by Crippen LogP contribution is -2.36. The first-order valence-corrected chi connectivity index (χ1v) is 23.5. The van der Waals surface area contributed by atoms with Crippen LogP contribution in [0.1, 0.15) is 146 Å². The summed E-state index contributed by atoms with van der Waals surface area (Å²) in [5, 5.41) is 2.73. The molecule has 4 aliphatic rings. The highest BCUT2D eigenvalue weighted by Gasteiger charge is 2.44. The molecule has 0 saturated carbocycles. The van der Waals surface area contributed by atoms with Crippen LogP contribution >= 0.6 is 0 Å². The zero-order valence-electron chi connectivity index (χ0n) is 36.9. The Balaban J connectivity index is 0.969. The standard InChI is InChI=1S/C61H62/c1-6-40(3)43-19-14-20-45(35-43)47-22-16-24-52(39-47)61(5,7-2)58-34-32-49-38-51(31-33-53(49)41(58)4)60-56-27-12-10-25-54(56)59(55-26-11-13-28-57(55)60)50-23-15-21-46(37-50)48-30-29-42-17-8-9-18-44(42)36-48/h8-10,12-25,27-29,31-41,48,55,57-60H,6-7,11,26,30H2,1-5H3. The maximum Gasteiger partial charge on any atom is 0.0158 e. The first kappa shape index (κ1) is 39.7. The Morgan fingerprint density at radius 1 is 0.656 bits per heavy atom. The van der Waals surface area contributed by atoms with Gasteiger partial charge in [0.2, 0.25) is 0 Å². The molecule has 6 aromatic rings. The van der Waals surface area contributed by atoms with Gasteiger partial charge in [0.15, 0.2) is 0 Å². The van der Waals surface area contributed by atoms with Gasteiger partial charge in [-0.25, -0.2) is 0 Å². The van der Waals surface area contributed by atoms with E-state index in [-0.39, 0.29) is 5.41 Å². The summed E-state index contributed by atoms with van der Waals surface area (Å²) in [5.74, 6) is 3.50. The van der Waals surface area contributed by atoms with E-state index in [0.29, 0.717) is 47.3 Å². The summed E-state index contributed by atoms with van der Waals surface area (Å²) >= 11 is 0. The molecular formula is C61H62. The largest absolute Gasteiger partial charge is 0.0882 e. The molecular weight excluding hydrogens is 733 g/mol. The zero-order valence-corrected chi connectivity index (χ0v) is 36.9. The number of fused-ring (bicyclic) bond motifs is 4. The topological polar surface area (TPSA) is 0 Å². The van der Waals surface area contributed by atoms with Crippen LogP contribution in [0.2, 0.25) is 0 Å². The highest BCUT2D eigenvalue weighted by Crippen LogP contribution is 2.56. The van der Waals surface area contributed by atoms with E-state index in [1.54, 1.807) is 0 Å². The molecule has 10 rings (SSSR count). The molecule has 0 aromatic heterocycles. The molecule has 0 amide bonds. The molecule has 0 aliphatic heterocycles. The zero-order chi connectivity index (χ0) is 41.7. The molecule has 0 radical (unpaired) electrons. The smallest absolute Gasteiger partial charge is 0.0158 e. The summed E-state index contributed by atoms with van der Waals surface area (Å²) in [6.07, 6.45) is 20.7. The van der Waals surface area contributed by atoms with E-state index in [0.717, 1.165) is 25.7 Å². The maximum atomic E-state index is 2.60. The average molecular weight is 795 g/mol. The van der Waals surface area contributed by atoms with E-state index in [4.69, 9.17) is 0 Å². The summed E-state index contributed by atoms with van der Waals surface area (Å²) in [4.78, 5) is 0. The van der Waals surface area contributed by atoms with E-state index in [9.17, 15) is 0 Å². The lowest BCUT2D eigenvalue weighted by molar-refractivity contribution is 0.275. The van der Waals surface area contributed by atoms with Gasteiger partial charge in [-0.1, -0.05) is 211 Å². The maximum absolute atomic E-state index is 2.60. The molecule has 4 aliphatic carbocycles. The lowest BCUT2D eigenvalue weighted by Gasteiger charge is -2.46. The van der Waals surface area contributed by atoms with Crippen molar-refractivity contribution in [2.75, 3.05) is 0 Å². The number of rotatable bonds is 9. The minimum atomic E-state index is 0.00308. The Labute approximate surface area is 365 Å². The van der Waals surface area contributed by atoms with Gasteiger partial charge in [-0.2, -0.15) is 0 Å². The van der Waals surface area contributed by atoms with Crippen molar-refractivity contribution < 1.29 is 0 Å². The van der Waals surface area contributed by atoms with Gasteiger partial charge in [0.05, 0.1) is 0 Å². The molecule has 0 N–H and O–H groups in total. The number of allylic oxidation sites excluding steroid dienone is 3. The minimum Gasteiger partial charge on any atom is -0.0882 e. The van der Waals surface area contributed by atoms with Gasteiger partial charge < -0.3 is 0 Å². The third kappa shape index (κ3) is 7.11. The molecule has 9 atom stereocenters. The molecule has 9 unspecified atom stereocenters. The van der Waals surface area contributed by atoms with Gasteiger partial charge in [0, 0.05) is 17.8 Å². The highest BCUT2D eigenvalue weighted by molar-refractivity contribution is 5.67. The first-order chi connectivity index (χ1) is 29.8. The van der Waals surface area contributed by atoms with Crippen LogP contribution < -0.4 is 10.4 Å². The van der Waals surface area contributed by atoms with Crippen LogP contribution in [0.3, 0.4) is 0 Å². The second kappa shape index (κ2) is 16.4. The molecule has 6 aromatic carbocycles. The number of hydrogen-bond acceptors (Lipinski definition) is 0. The van der Waals surface area contributed by atoms with Crippen molar-refractivity contribution in [3.05, 3.63) is 218 Å². The lowest BCUT2D eigenvalue weighted by atomic mass is 9.57. The molecule has 0 fully saturated rings. The van der Waals surface area contributed by atoms with E-state index < -0.39 is 0 Å². The van der Waals surface area contributed by atoms with Crippen LogP contribution in [0.5, 0.6) is 0 Å². The molecule has 0 bridgehead atoms. The summed E-state index contributed by atoms with van der Waals surface area (Å²) < 4.78 is 0. The Kier molecular flexibility index (Phi) is 10.7. The SMILES string of the molecule is CCC(C)c1cccc(-c2cccc(C(C)(CC)C3C=Cc4cc(C5c6ccccc6C(c6cccc(C7C=c8ccccc8=CC7)c6)C6CCC=CC56)ccc4C3C)c2)c1. The van der Waals surface area contributed by atoms with Gasteiger partial charge in [0.1, 0.15) is 0 Å². The van der Waals surface area contributed by atoms with Crippen LogP contribution in [0.25, 0.3) is 29.4 Å². The molecule has 0 nitrogen and oxygen atoms in total. The highest BCUT2D eigenvalue weighted by atomic mass is 14.5. The number of benzene rings is 6. The monoisotopic (exact) mass is 794 g/mol. The van der Waals surface area contributed by atoms with Crippen molar-refractivity contribution >= 4 is 18.2 Å². The van der Waals surface area contributed by atoms with E-state index in [2.05, 4.69) is 211 Å². The minimum absolute atomic E-state index is 0.00308. The molecule has 0 saturated heterocycles. The van der Waals surface area contributed by atoms with Crippen LogP contribution in [-0.2, 0) is 5.41 Å². The van der Waals surface area contributed by atoms with Crippen LogP contribution in [0.15, 0.2) is 158 Å². The Morgan fingerprint density at radius 2 is 1.38 bits per heavy atom. The molecule has 0 heteroatoms. The van der Waals surface area contributed by atoms with Crippen LogP contribution in [-0.4, -0.2) is 0 Å². The van der Waals surface area contributed by atoms with Gasteiger partial charge in [-0.15, -0.1) is 0 Å². The third-order valence-electron chi connectivity index (χ3n) is 16.0. The Hall–Kier alpha value is -5.46. The van der Waals surface area contributed by atoms with Crippen LogP contribution in [0, 0.1) is 17.8 Å². The fourth-order valence-corrected chi connectivity index (χ4v) is 12.2. The Bertz CT molecular complexity index is 2760. The van der Waals surface area contributed by atoms with Gasteiger partial charge in [-0.05, 0) is 139 Å². The third-order valence-corrected chi connectivity index (χ3v) is 16.0. The van der Waals surface area contributed by atoms with Gasteiger partial charge in [0.25, 0.3) is 0 Å². The average Bonchev–Trinajstić information content (AvgIpc) is 3.32. The molecule has 306 valence electrons. The predicted octanol–water partition coefficient (Wildman–Crippen LogP) is 14.6. The first-order valence-electron chi connectivity index (χ1n) is 23.5. The fraction of sp³-hybridized carbons (Fsp3) is 0.311. The second-order valence-corrected chi connectivity index (χ2v) is 19.2. The van der Waals surface area contributed by atoms with Crippen LogP contribution in [0.4, 0.5) is 0 Å². The van der Waals surface area contributed by atoms with E-state index in [1.807, 2.05) is 0 Å². The molecule has 0 heterocycles. The fourth-order valence-electron chi connectivity index (χ4n) is 12.2. The summed E-state index contributed by atoms with van der Waals surface area (Å²) in [6.45, 7) is 12.0. The summed E-state index contributed by atoms with van der Waals surface area (Å²) in [5.41, 5.74) is 15.8. The second-order valence-electron chi connectivity index (χ2n) is 19.2. The molecule has 0 spiro atoms. The summed E-state index contributed by atoms with van der Waals surface area (Å²) in [7, 11) is 0. The van der Waals surface area contributed by atoms with Crippen molar-refractivity contribution in [3.8, 4) is 11.1 Å². The Morgan fingerprint density at radius 3 is 2.20 bits per heavy atom. The van der Waals surface area contributed by atoms with Crippen molar-refractivity contribution in [2.45, 2.75) is 102 Å². The van der Waals surface area contributed by atoms with Crippen molar-refractivity contribution in [3.63, 3.8) is 0 Å². The van der Waals surface area contributed by atoms with Crippen molar-refractivity contribution in [2.24, 2.45) is 17.8 Å². The van der Waals surface area contributed by atoms with Crippen molar-refractivity contribution in [1.82, 2.24) is 0 Å². The normalized spacial score (nSPS) is 25.1. The van der Waals surface area contributed by atoms with E-state index in [1.165, 1.54) is 78.1 Å². The summed E-state index contributed by atoms with van der Waals surface area (Å²) in [6, 6.07) is 54.3. The van der Waals surface area contributed by atoms with Crippen molar-refractivity contribution in [1.29, 1.82) is 0 Å². The number of hydrogen-bond donors (Lipinski definition) is 0.